The largest absolute Gasteiger partial charge is 0.480 e. The predicted molar refractivity (Wildman–Crippen MR) is 105 cm³/mol. The van der Waals surface area contributed by atoms with Gasteiger partial charge in [-0.3, -0.25) is 34.0 Å². The van der Waals surface area contributed by atoms with Gasteiger partial charge in [-0.1, -0.05) is 0 Å². The molecule has 31 heavy (non-hydrogen) atoms. The smallest absolute Gasteiger partial charge is 0.326 e. The van der Waals surface area contributed by atoms with Gasteiger partial charge in [-0.25, -0.2) is 4.79 Å². The maximum Gasteiger partial charge on any atom is 0.326 e. The Morgan fingerprint density at radius 1 is 0.806 bits per heavy atom. The van der Waals surface area contributed by atoms with E-state index in [1.165, 1.54) is 0 Å². The number of carboxylic acids is 4. The molecule has 0 heterocycles. The summed E-state index contributed by atoms with van der Waals surface area (Å²) in [5.41, 5.74) is 10.3. The van der Waals surface area contributed by atoms with Crippen molar-refractivity contribution in [3.63, 3.8) is 0 Å². The summed E-state index contributed by atoms with van der Waals surface area (Å²) in [7, 11) is 0. The van der Waals surface area contributed by atoms with Crippen LogP contribution in [-0.4, -0.2) is 118 Å². The molecule has 1 unspecified atom stereocenters. The van der Waals surface area contributed by atoms with E-state index in [0.717, 1.165) is 9.80 Å². The van der Waals surface area contributed by atoms with Gasteiger partial charge in [-0.15, -0.1) is 0 Å². The molecule has 0 aromatic heterocycles. The van der Waals surface area contributed by atoms with E-state index in [9.17, 15) is 29.1 Å². The highest BCUT2D eigenvalue weighted by Crippen LogP contribution is 2.00. The third-order valence-electron chi connectivity index (χ3n) is 3.75. The van der Waals surface area contributed by atoms with Gasteiger partial charge in [-0.05, 0) is 12.8 Å². The first kappa shape index (κ1) is 27.5. The van der Waals surface area contributed by atoms with Crippen LogP contribution in [0, 0.1) is 0 Å². The molecule has 0 saturated carbocycles. The lowest BCUT2D eigenvalue weighted by Crippen LogP contribution is -2.48. The molecule has 0 aromatic carbocycles. The molecular weight excluding hydrogens is 420 g/mol. The fourth-order valence-electron chi connectivity index (χ4n) is 2.49. The molecule has 0 aliphatic rings. The average molecular weight is 448 g/mol. The Morgan fingerprint density at radius 2 is 1.26 bits per heavy atom. The van der Waals surface area contributed by atoms with Gasteiger partial charge >= 0.3 is 23.9 Å². The second-order valence-corrected chi connectivity index (χ2v) is 6.51. The Hall–Kier alpha value is -3.46. The van der Waals surface area contributed by atoms with Gasteiger partial charge in [0.2, 0.25) is 5.91 Å². The van der Waals surface area contributed by atoms with Crippen molar-refractivity contribution in [3.05, 3.63) is 0 Å². The highest BCUT2D eigenvalue weighted by Gasteiger charge is 2.22. The van der Waals surface area contributed by atoms with Gasteiger partial charge < -0.3 is 37.2 Å². The zero-order chi connectivity index (χ0) is 24.0. The molecule has 9 N–H and O–H groups in total. The zero-order valence-corrected chi connectivity index (χ0v) is 16.8. The Balaban J connectivity index is 4.91. The van der Waals surface area contributed by atoms with Gasteiger partial charge in [0.1, 0.15) is 6.04 Å². The molecule has 0 radical (unpaired) electrons. The summed E-state index contributed by atoms with van der Waals surface area (Å²) < 4.78 is 0. The molecule has 176 valence electrons. The first-order valence-electron chi connectivity index (χ1n) is 9.08. The summed E-state index contributed by atoms with van der Waals surface area (Å²) in [4.78, 5) is 62.1. The molecule has 0 fully saturated rings. The third kappa shape index (κ3) is 15.1. The minimum atomic E-state index is -1.29. The molecule has 15 heteroatoms. The summed E-state index contributed by atoms with van der Waals surface area (Å²) in [6.07, 6.45) is 0.301. The topological polar surface area (TPSA) is 249 Å². The number of nitrogens with zero attached hydrogens (tertiary/aromatic N) is 3. The fraction of sp³-hybridized carbons (Fsp3) is 0.625. The second kappa shape index (κ2) is 14.5. The van der Waals surface area contributed by atoms with E-state index < -0.39 is 62.0 Å². The second-order valence-electron chi connectivity index (χ2n) is 6.51. The number of nitrogens with two attached hydrogens (primary N) is 2. The van der Waals surface area contributed by atoms with Crippen LogP contribution >= 0.6 is 0 Å². The van der Waals surface area contributed by atoms with Crippen LogP contribution in [0.3, 0.4) is 0 Å². The Morgan fingerprint density at radius 3 is 1.65 bits per heavy atom. The molecule has 0 aromatic rings. The summed E-state index contributed by atoms with van der Waals surface area (Å²) in [6, 6.07) is -1.25. The van der Waals surface area contributed by atoms with Crippen molar-refractivity contribution < 1.29 is 44.4 Å². The van der Waals surface area contributed by atoms with Crippen molar-refractivity contribution in [2.24, 2.45) is 16.5 Å². The number of amides is 1. The predicted octanol–water partition coefficient (Wildman–Crippen LogP) is -3.53. The van der Waals surface area contributed by atoms with Gasteiger partial charge in [-0.2, -0.15) is 0 Å². The van der Waals surface area contributed by atoms with Crippen LogP contribution in [0.25, 0.3) is 0 Å². The van der Waals surface area contributed by atoms with E-state index in [1.807, 2.05) is 0 Å². The van der Waals surface area contributed by atoms with Crippen LogP contribution in [0.15, 0.2) is 4.99 Å². The number of hydrogen-bond acceptors (Lipinski definition) is 8. The molecule has 15 nitrogen and oxygen atoms in total. The minimum absolute atomic E-state index is 0.0295. The van der Waals surface area contributed by atoms with Crippen molar-refractivity contribution in [2.45, 2.75) is 18.9 Å². The normalized spacial score (nSPS) is 11.7. The highest BCUT2D eigenvalue weighted by molar-refractivity contribution is 5.85. The molecule has 0 spiro atoms. The van der Waals surface area contributed by atoms with Crippen molar-refractivity contribution in [1.82, 2.24) is 15.1 Å². The fourth-order valence-corrected chi connectivity index (χ4v) is 2.49. The number of aliphatic imine (C=N–C) groups is 1. The maximum atomic E-state index is 12.2. The molecule has 0 bridgehead atoms. The first-order valence-corrected chi connectivity index (χ1v) is 9.08. The van der Waals surface area contributed by atoms with Crippen molar-refractivity contribution in [1.29, 1.82) is 0 Å². The van der Waals surface area contributed by atoms with Gasteiger partial charge in [0.05, 0.1) is 26.2 Å². The van der Waals surface area contributed by atoms with E-state index in [-0.39, 0.29) is 38.4 Å². The molecule has 0 aliphatic carbocycles. The summed E-state index contributed by atoms with van der Waals surface area (Å²) >= 11 is 0. The number of carbonyl (C=O) groups is 5. The monoisotopic (exact) mass is 448 g/mol. The molecule has 1 atom stereocenters. The van der Waals surface area contributed by atoms with Crippen LogP contribution in [0.4, 0.5) is 0 Å². The number of rotatable bonds is 17. The van der Waals surface area contributed by atoms with Gasteiger partial charge in [0, 0.05) is 19.6 Å². The maximum absolute atomic E-state index is 12.2. The van der Waals surface area contributed by atoms with Crippen LogP contribution in [0.1, 0.15) is 12.8 Å². The SMILES string of the molecule is NC(N)=NCCCC(NC(=O)CN(CCN(CC(=O)O)CC(=O)O)CC(=O)O)C(=O)O. The van der Waals surface area contributed by atoms with Crippen molar-refractivity contribution in [2.75, 3.05) is 45.8 Å². The molecule has 0 aliphatic heterocycles. The molecule has 0 rings (SSSR count). The number of carboxylic acid groups (broad SMARTS) is 4. The van der Waals surface area contributed by atoms with Gasteiger partial charge in [0.25, 0.3) is 0 Å². The minimum Gasteiger partial charge on any atom is -0.480 e. The summed E-state index contributed by atoms with van der Waals surface area (Å²) in [5, 5.41) is 38.2. The van der Waals surface area contributed by atoms with Crippen molar-refractivity contribution >= 4 is 35.7 Å². The summed E-state index contributed by atoms with van der Waals surface area (Å²) in [6.45, 7) is -2.37. The number of guanidine groups is 1. The van der Waals surface area contributed by atoms with Crippen LogP contribution in [-0.2, 0) is 24.0 Å². The molecule has 1 amide bonds. The first-order chi connectivity index (χ1) is 14.4. The van der Waals surface area contributed by atoms with E-state index in [0.29, 0.717) is 0 Å². The van der Waals surface area contributed by atoms with Gasteiger partial charge in [0.15, 0.2) is 5.96 Å². The lowest BCUT2D eigenvalue weighted by molar-refractivity contribution is -0.144. The van der Waals surface area contributed by atoms with E-state index in [4.69, 9.17) is 26.8 Å². The number of aliphatic carboxylic acids is 4. The van der Waals surface area contributed by atoms with E-state index >= 15 is 0 Å². The van der Waals surface area contributed by atoms with Crippen LogP contribution in [0.2, 0.25) is 0 Å². The zero-order valence-electron chi connectivity index (χ0n) is 16.8. The van der Waals surface area contributed by atoms with Crippen LogP contribution < -0.4 is 16.8 Å². The third-order valence-corrected chi connectivity index (χ3v) is 3.75. The standard InChI is InChI=1S/C16H28N6O9/c17-16(18)19-3-1-2-10(15(30)31)20-11(23)6-21(7-12(24)25)4-5-22(8-13(26)27)9-14(28)29/h10H,1-9H2,(H,20,23)(H,24,25)(H,26,27)(H,28,29)(H,30,31)(H4,17,18,19). The molecular formula is C16H28N6O9. The number of carbonyl (C=O) groups excluding carboxylic acids is 1. The van der Waals surface area contributed by atoms with E-state index in [2.05, 4.69) is 10.3 Å². The van der Waals surface area contributed by atoms with Crippen LogP contribution in [0.5, 0.6) is 0 Å². The summed E-state index contributed by atoms with van der Waals surface area (Å²) in [5.74, 6) is -6.03. The highest BCUT2D eigenvalue weighted by atomic mass is 16.4. The number of hydrogen-bond donors (Lipinski definition) is 7. The lowest BCUT2D eigenvalue weighted by Gasteiger charge is -2.25. The Labute approximate surface area is 177 Å². The van der Waals surface area contributed by atoms with Crippen molar-refractivity contribution in [3.8, 4) is 0 Å². The van der Waals surface area contributed by atoms with E-state index in [1.54, 1.807) is 0 Å². The number of nitrogens with one attached hydrogen (secondary N) is 1. The quantitative estimate of drug-likeness (QED) is 0.0647. The average Bonchev–Trinajstić information content (AvgIpc) is 2.60. The Kier molecular flexibility index (Phi) is 12.9. The molecule has 0 saturated heterocycles. The lowest BCUT2D eigenvalue weighted by atomic mass is 10.1. The Bertz CT molecular complexity index is 664.